The molecule has 1 aromatic heterocycles. The molecule has 3 nitrogen and oxygen atoms in total. The van der Waals surface area contributed by atoms with Gasteiger partial charge in [-0.15, -0.1) is 0 Å². The largest absolute Gasteiger partial charge is 0.492 e. The number of halogens is 3. The van der Waals surface area contributed by atoms with Crippen LogP contribution in [0, 0.1) is 17.6 Å². The van der Waals surface area contributed by atoms with Gasteiger partial charge in [0.25, 0.3) is 0 Å². The minimum Gasteiger partial charge on any atom is -0.492 e. The van der Waals surface area contributed by atoms with Crippen LogP contribution in [0.5, 0.6) is 5.75 Å². The minimum atomic E-state index is -0.961. The molecule has 2 rings (SSSR count). The van der Waals surface area contributed by atoms with Gasteiger partial charge < -0.3 is 10.1 Å². The molecule has 6 heteroatoms. The molecule has 19 heavy (non-hydrogen) atoms. The molecule has 0 saturated carbocycles. The van der Waals surface area contributed by atoms with E-state index in [0.29, 0.717) is 12.4 Å². The Morgan fingerprint density at radius 3 is 2.63 bits per heavy atom. The third-order valence-electron chi connectivity index (χ3n) is 2.28. The Hall–Kier alpha value is -2.24. The Kier molecular flexibility index (Phi) is 4.22. The fourth-order valence-corrected chi connectivity index (χ4v) is 1.42. The Morgan fingerprint density at radius 2 is 1.89 bits per heavy atom. The first kappa shape index (κ1) is 13.2. The van der Waals surface area contributed by atoms with Crippen molar-refractivity contribution >= 4 is 5.82 Å². The highest BCUT2D eigenvalue weighted by atomic mass is 19.2. The summed E-state index contributed by atoms with van der Waals surface area (Å²) >= 11 is 0. The van der Waals surface area contributed by atoms with Gasteiger partial charge in [0.1, 0.15) is 18.2 Å². The highest BCUT2D eigenvalue weighted by Crippen LogP contribution is 2.15. The molecule has 0 fully saturated rings. The average molecular weight is 268 g/mol. The molecule has 0 bridgehead atoms. The number of hydrogen-bond donors (Lipinski definition) is 1. The zero-order chi connectivity index (χ0) is 13.7. The first-order valence-electron chi connectivity index (χ1n) is 5.59. The van der Waals surface area contributed by atoms with Gasteiger partial charge in [-0.1, -0.05) is 6.07 Å². The van der Waals surface area contributed by atoms with Crippen molar-refractivity contribution in [1.82, 2.24) is 4.98 Å². The van der Waals surface area contributed by atoms with Crippen molar-refractivity contribution in [2.45, 2.75) is 0 Å². The molecule has 1 aromatic carbocycles. The van der Waals surface area contributed by atoms with E-state index in [1.807, 2.05) is 0 Å². The zero-order valence-electron chi connectivity index (χ0n) is 9.87. The summed E-state index contributed by atoms with van der Waals surface area (Å²) in [4.78, 5) is 3.60. The van der Waals surface area contributed by atoms with Crippen LogP contribution in [-0.2, 0) is 0 Å². The van der Waals surface area contributed by atoms with E-state index in [0.717, 1.165) is 12.1 Å². The maximum Gasteiger partial charge on any atom is 0.214 e. The molecule has 0 unspecified atom stereocenters. The van der Waals surface area contributed by atoms with E-state index >= 15 is 0 Å². The van der Waals surface area contributed by atoms with Crippen molar-refractivity contribution in [3.63, 3.8) is 0 Å². The number of anilines is 1. The van der Waals surface area contributed by atoms with Crippen LogP contribution in [0.2, 0.25) is 0 Å². The first-order chi connectivity index (χ1) is 9.15. The average Bonchev–Trinajstić information content (AvgIpc) is 2.39. The lowest BCUT2D eigenvalue weighted by Gasteiger charge is -2.08. The number of hydrogen-bond acceptors (Lipinski definition) is 3. The predicted molar refractivity (Wildman–Crippen MR) is 64.5 cm³/mol. The third kappa shape index (κ3) is 3.87. The molecule has 0 saturated heterocycles. The number of ether oxygens (including phenoxy) is 1. The monoisotopic (exact) mass is 268 g/mol. The standard InChI is InChI=1S/C13H11F3N2O/c14-10-5-4-9(8-11(10)15)19-7-6-17-13-3-1-2-12(16)18-13/h1-5,8H,6-7H2,(H,17,18). The quantitative estimate of drug-likeness (QED) is 0.668. The summed E-state index contributed by atoms with van der Waals surface area (Å²) in [5.41, 5.74) is 0. The van der Waals surface area contributed by atoms with Crippen LogP contribution < -0.4 is 10.1 Å². The van der Waals surface area contributed by atoms with Crippen LogP contribution in [0.4, 0.5) is 19.0 Å². The van der Waals surface area contributed by atoms with Gasteiger partial charge in [-0.25, -0.2) is 13.8 Å². The molecular formula is C13H11F3N2O. The first-order valence-corrected chi connectivity index (χ1v) is 5.59. The maximum absolute atomic E-state index is 12.9. The number of nitrogens with zero attached hydrogens (tertiary/aromatic N) is 1. The molecule has 0 radical (unpaired) electrons. The van der Waals surface area contributed by atoms with Crippen LogP contribution in [0.15, 0.2) is 36.4 Å². The highest BCUT2D eigenvalue weighted by molar-refractivity contribution is 5.33. The topological polar surface area (TPSA) is 34.1 Å². The summed E-state index contributed by atoms with van der Waals surface area (Å²) < 4.78 is 43.5. The van der Waals surface area contributed by atoms with Crippen LogP contribution in [0.3, 0.4) is 0 Å². The molecule has 1 N–H and O–H groups in total. The van der Waals surface area contributed by atoms with Crippen LogP contribution in [0.25, 0.3) is 0 Å². The van der Waals surface area contributed by atoms with Gasteiger partial charge >= 0.3 is 0 Å². The second kappa shape index (κ2) is 6.08. The molecular weight excluding hydrogens is 257 g/mol. The summed E-state index contributed by atoms with van der Waals surface area (Å²) in [6.07, 6.45) is 0. The lowest BCUT2D eigenvalue weighted by atomic mass is 10.3. The highest BCUT2D eigenvalue weighted by Gasteiger charge is 2.03. The lowest BCUT2D eigenvalue weighted by Crippen LogP contribution is -2.12. The number of benzene rings is 1. The molecule has 0 atom stereocenters. The smallest absolute Gasteiger partial charge is 0.214 e. The van der Waals surface area contributed by atoms with Gasteiger partial charge in [0.2, 0.25) is 5.95 Å². The molecule has 0 spiro atoms. The van der Waals surface area contributed by atoms with Crippen LogP contribution in [0.1, 0.15) is 0 Å². The van der Waals surface area contributed by atoms with E-state index < -0.39 is 17.6 Å². The van der Waals surface area contributed by atoms with Crippen molar-refractivity contribution in [2.24, 2.45) is 0 Å². The van der Waals surface area contributed by atoms with Crippen molar-refractivity contribution in [1.29, 1.82) is 0 Å². The van der Waals surface area contributed by atoms with Gasteiger partial charge in [0, 0.05) is 6.07 Å². The van der Waals surface area contributed by atoms with Gasteiger partial charge in [-0.05, 0) is 24.3 Å². The van der Waals surface area contributed by atoms with E-state index in [-0.39, 0.29) is 12.4 Å². The Labute approximate surface area is 108 Å². The summed E-state index contributed by atoms with van der Waals surface area (Å²) in [5, 5.41) is 2.84. The van der Waals surface area contributed by atoms with Crippen LogP contribution >= 0.6 is 0 Å². The normalized spacial score (nSPS) is 10.3. The van der Waals surface area contributed by atoms with E-state index in [9.17, 15) is 13.2 Å². The van der Waals surface area contributed by atoms with E-state index in [2.05, 4.69) is 10.3 Å². The molecule has 0 aliphatic heterocycles. The Balaban J connectivity index is 1.79. The van der Waals surface area contributed by atoms with E-state index in [4.69, 9.17) is 4.74 Å². The second-order valence-electron chi connectivity index (χ2n) is 3.70. The predicted octanol–water partition coefficient (Wildman–Crippen LogP) is 2.99. The van der Waals surface area contributed by atoms with Crippen molar-refractivity contribution in [3.8, 4) is 5.75 Å². The van der Waals surface area contributed by atoms with Crippen LogP contribution in [-0.4, -0.2) is 18.1 Å². The molecule has 2 aromatic rings. The van der Waals surface area contributed by atoms with Crippen molar-refractivity contribution in [3.05, 3.63) is 54.0 Å². The summed E-state index contributed by atoms with van der Waals surface area (Å²) in [6.45, 7) is 0.568. The molecule has 1 heterocycles. The number of pyridine rings is 1. The molecule has 0 aliphatic rings. The number of aromatic nitrogens is 1. The lowest BCUT2D eigenvalue weighted by molar-refractivity contribution is 0.329. The summed E-state index contributed by atoms with van der Waals surface area (Å²) in [6, 6.07) is 7.67. The number of nitrogens with one attached hydrogen (secondary N) is 1. The third-order valence-corrected chi connectivity index (χ3v) is 2.28. The fourth-order valence-electron chi connectivity index (χ4n) is 1.42. The fraction of sp³-hybridized carbons (Fsp3) is 0.154. The maximum atomic E-state index is 12.9. The SMILES string of the molecule is Fc1cccc(NCCOc2ccc(F)c(F)c2)n1. The van der Waals surface area contributed by atoms with Crippen molar-refractivity contribution < 1.29 is 17.9 Å². The minimum absolute atomic E-state index is 0.212. The molecule has 0 amide bonds. The van der Waals surface area contributed by atoms with E-state index in [1.54, 1.807) is 6.07 Å². The van der Waals surface area contributed by atoms with E-state index in [1.165, 1.54) is 18.2 Å². The van der Waals surface area contributed by atoms with Crippen molar-refractivity contribution in [2.75, 3.05) is 18.5 Å². The second-order valence-corrected chi connectivity index (χ2v) is 3.70. The van der Waals surface area contributed by atoms with Gasteiger partial charge in [-0.3, -0.25) is 0 Å². The van der Waals surface area contributed by atoms with Gasteiger partial charge in [0.05, 0.1) is 6.54 Å². The Bertz CT molecular complexity index is 563. The van der Waals surface area contributed by atoms with Gasteiger partial charge in [-0.2, -0.15) is 4.39 Å². The zero-order valence-corrected chi connectivity index (χ0v) is 9.87. The Morgan fingerprint density at radius 1 is 1.05 bits per heavy atom. The van der Waals surface area contributed by atoms with Gasteiger partial charge in [0.15, 0.2) is 11.6 Å². The number of rotatable bonds is 5. The molecule has 0 aliphatic carbocycles. The summed E-state index contributed by atoms with van der Waals surface area (Å²) in [7, 11) is 0. The molecule has 100 valence electrons. The summed E-state index contributed by atoms with van der Waals surface area (Å²) in [5.74, 6) is -1.85.